The number of morpholine rings is 1. The van der Waals surface area contributed by atoms with E-state index in [9.17, 15) is 9.50 Å². The number of hydrogen-bond acceptors (Lipinski definition) is 6. The van der Waals surface area contributed by atoms with E-state index < -0.39 is 5.82 Å². The molecule has 8 heteroatoms. The lowest BCUT2D eigenvalue weighted by Crippen LogP contribution is -2.43. The molecule has 2 bridgehead atoms. The molecule has 2 saturated heterocycles. The Bertz CT molecular complexity index is 1490. The number of nitrogens with zero attached hydrogens (tertiary/aromatic N) is 4. The molecule has 2 aromatic carbocycles. The van der Waals surface area contributed by atoms with Crippen LogP contribution in [0.15, 0.2) is 30.5 Å². The number of ether oxygens (including phenoxy) is 1. The van der Waals surface area contributed by atoms with Crippen LogP contribution in [0.1, 0.15) is 50.9 Å². The van der Waals surface area contributed by atoms with E-state index in [1.165, 1.54) is 12.1 Å². The molecule has 0 amide bonds. The van der Waals surface area contributed by atoms with Crippen molar-refractivity contribution in [1.29, 1.82) is 0 Å². The molecule has 0 radical (unpaired) electrons. The second-order valence-corrected chi connectivity index (χ2v) is 10.1. The predicted molar refractivity (Wildman–Crippen MR) is 135 cm³/mol. The maximum atomic E-state index is 16.3. The number of pyridine rings is 1. The topological polar surface area (TPSA) is 71.4 Å². The van der Waals surface area contributed by atoms with Gasteiger partial charge in [-0.2, -0.15) is 0 Å². The molecule has 6 nitrogen and oxygen atoms in total. The fourth-order valence-corrected chi connectivity index (χ4v) is 5.57. The second kappa shape index (κ2) is 8.62. The summed E-state index contributed by atoms with van der Waals surface area (Å²) in [5.74, 6) is 0.197. The molecule has 36 heavy (non-hydrogen) atoms. The number of aromatic hydroxyl groups is 1. The number of aryl methyl sites for hydroxylation is 1. The quantitative estimate of drug-likeness (QED) is 0.385. The SMILES string of the molecule is CCc1c(F)ccc2cc(O)cc(-c3ncc4c(N5CC6CCC(C5)O6)nc(C(C)C)nc4c3F)c12. The lowest BCUT2D eigenvalue weighted by Gasteiger charge is -2.33. The van der Waals surface area contributed by atoms with Gasteiger partial charge in [-0.05, 0) is 53.8 Å². The zero-order valence-electron chi connectivity index (χ0n) is 20.6. The van der Waals surface area contributed by atoms with Crippen LogP contribution >= 0.6 is 0 Å². The first-order chi connectivity index (χ1) is 17.3. The number of phenols is 1. The highest BCUT2D eigenvalue weighted by atomic mass is 19.1. The number of anilines is 1. The Morgan fingerprint density at radius 3 is 2.56 bits per heavy atom. The van der Waals surface area contributed by atoms with Crippen LogP contribution < -0.4 is 4.90 Å². The second-order valence-electron chi connectivity index (χ2n) is 10.1. The van der Waals surface area contributed by atoms with Crippen LogP contribution in [0.5, 0.6) is 5.75 Å². The molecule has 0 aliphatic carbocycles. The Kier molecular flexibility index (Phi) is 5.52. The minimum absolute atomic E-state index is 0.00989. The average Bonchev–Trinajstić information content (AvgIpc) is 3.20. The Morgan fingerprint density at radius 2 is 1.86 bits per heavy atom. The number of halogens is 2. The van der Waals surface area contributed by atoms with E-state index in [1.54, 1.807) is 18.3 Å². The van der Waals surface area contributed by atoms with Crippen LogP contribution in [-0.4, -0.2) is 45.4 Å². The number of rotatable bonds is 4. The standard InChI is InChI=1S/C28H28F2N4O2/c1-4-19-22(29)8-5-15-9-16(35)10-20(23(15)19)25-24(30)26-21(11-31-25)28(33-27(32-26)14(2)3)34-12-17-6-7-18(13-34)36-17/h5,8-11,14,17-18,35H,4,6-7,12-13H2,1-3H3. The summed E-state index contributed by atoms with van der Waals surface area (Å²) in [6.45, 7) is 7.20. The fraction of sp³-hybridized carbons (Fsp3) is 0.393. The van der Waals surface area contributed by atoms with Gasteiger partial charge in [-0.25, -0.2) is 18.7 Å². The number of fused-ring (bicyclic) bond motifs is 4. The highest BCUT2D eigenvalue weighted by molar-refractivity contribution is 6.01. The van der Waals surface area contributed by atoms with Gasteiger partial charge in [-0.15, -0.1) is 0 Å². The summed E-state index contributed by atoms with van der Waals surface area (Å²) in [5, 5.41) is 12.1. The minimum atomic E-state index is -0.604. The molecule has 1 N–H and O–H groups in total. The predicted octanol–water partition coefficient (Wildman–Crippen LogP) is 5.88. The number of aromatic nitrogens is 3. The van der Waals surface area contributed by atoms with E-state index in [0.717, 1.165) is 12.8 Å². The zero-order chi connectivity index (χ0) is 25.1. The van der Waals surface area contributed by atoms with Crippen molar-refractivity contribution in [2.45, 2.75) is 58.2 Å². The Balaban J connectivity index is 1.60. The maximum Gasteiger partial charge on any atom is 0.175 e. The molecule has 2 aromatic heterocycles. The summed E-state index contributed by atoms with van der Waals surface area (Å²) in [5.41, 5.74) is 1.01. The third-order valence-electron chi connectivity index (χ3n) is 7.30. The van der Waals surface area contributed by atoms with Crippen molar-refractivity contribution in [2.75, 3.05) is 18.0 Å². The first kappa shape index (κ1) is 23.0. The van der Waals surface area contributed by atoms with Crippen molar-refractivity contribution < 1.29 is 18.6 Å². The Labute approximate surface area is 208 Å². The van der Waals surface area contributed by atoms with Crippen LogP contribution in [0, 0.1) is 11.6 Å². The summed E-state index contributed by atoms with van der Waals surface area (Å²) in [6.07, 6.45) is 4.34. The average molecular weight is 491 g/mol. The van der Waals surface area contributed by atoms with Gasteiger partial charge >= 0.3 is 0 Å². The molecule has 2 fully saturated rings. The fourth-order valence-electron chi connectivity index (χ4n) is 5.57. The van der Waals surface area contributed by atoms with Gasteiger partial charge in [0.25, 0.3) is 0 Å². The summed E-state index contributed by atoms with van der Waals surface area (Å²) < 4.78 is 37.1. The Hall–Kier alpha value is -3.39. The molecule has 186 valence electrons. The van der Waals surface area contributed by atoms with Crippen LogP contribution in [0.3, 0.4) is 0 Å². The van der Waals surface area contributed by atoms with Crippen LogP contribution in [0.2, 0.25) is 0 Å². The molecule has 2 unspecified atom stereocenters. The van der Waals surface area contributed by atoms with Gasteiger partial charge < -0.3 is 14.7 Å². The molecular formula is C28H28F2N4O2. The Morgan fingerprint density at radius 1 is 1.11 bits per heavy atom. The van der Waals surface area contributed by atoms with Crippen LogP contribution in [0.4, 0.5) is 14.6 Å². The summed E-state index contributed by atoms with van der Waals surface area (Å²) >= 11 is 0. The zero-order valence-corrected chi connectivity index (χ0v) is 20.6. The van der Waals surface area contributed by atoms with E-state index in [2.05, 4.69) is 14.9 Å². The lowest BCUT2D eigenvalue weighted by atomic mass is 9.94. The van der Waals surface area contributed by atoms with Gasteiger partial charge in [-0.1, -0.05) is 26.8 Å². The van der Waals surface area contributed by atoms with Gasteiger partial charge in [0.05, 0.1) is 17.6 Å². The van der Waals surface area contributed by atoms with Crippen molar-refractivity contribution in [3.63, 3.8) is 0 Å². The van der Waals surface area contributed by atoms with Crippen molar-refractivity contribution in [3.8, 4) is 17.0 Å². The smallest absolute Gasteiger partial charge is 0.175 e. The summed E-state index contributed by atoms with van der Waals surface area (Å²) in [6, 6.07) is 5.97. The molecule has 4 aromatic rings. The van der Waals surface area contributed by atoms with Gasteiger partial charge in [-0.3, -0.25) is 4.98 Å². The number of hydrogen-bond donors (Lipinski definition) is 1. The van der Waals surface area contributed by atoms with Crippen LogP contribution in [0.25, 0.3) is 32.9 Å². The van der Waals surface area contributed by atoms with Gasteiger partial charge in [0.15, 0.2) is 5.82 Å². The first-order valence-electron chi connectivity index (χ1n) is 12.5. The van der Waals surface area contributed by atoms with E-state index in [-0.39, 0.29) is 40.9 Å². The van der Waals surface area contributed by atoms with E-state index >= 15 is 4.39 Å². The molecular weight excluding hydrogens is 462 g/mol. The largest absolute Gasteiger partial charge is 0.508 e. The van der Waals surface area contributed by atoms with Gasteiger partial charge in [0, 0.05) is 30.8 Å². The maximum absolute atomic E-state index is 16.3. The van der Waals surface area contributed by atoms with E-state index in [4.69, 9.17) is 9.72 Å². The minimum Gasteiger partial charge on any atom is -0.508 e. The van der Waals surface area contributed by atoms with E-state index in [1.807, 2.05) is 20.8 Å². The van der Waals surface area contributed by atoms with Crippen LogP contribution in [-0.2, 0) is 11.2 Å². The normalized spacial score (nSPS) is 19.7. The highest BCUT2D eigenvalue weighted by Crippen LogP contribution is 2.39. The van der Waals surface area contributed by atoms with E-state index in [0.29, 0.717) is 58.4 Å². The molecule has 0 saturated carbocycles. The number of phenolic OH excluding ortho intramolecular Hbond substituents is 1. The van der Waals surface area contributed by atoms with Gasteiger partial charge in [0.1, 0.15) is 34.4 Å². The van der Waals surface area contributed by atoms with Crippen molar-refractivity contribution in [1.82, 2.24) is 15.0 Å². The molecule has 0 spiro atoms. The third kappa shape index (κ3) is 3.66. The molecule has 6 rings (SSSR count). The monoisotopic (exact) mass is 490 g/mol. The highest BCUT2D eigenvalue weighted by Gasteiger charge is 2.35. The third-order valence-corrected chi connectivity index (χ3v) is 7.30. The summed E-state index contributed by atoms with van der Waals surface area (Å²) in [4.78, 5) is 16.1. The van der Waals surface area contributed by atoms with Gasteiger partial charge in [0.2, 0.25) is 0 Å². The lowest BCUT2D eigenvalue weighted by molar-refractivity contribution is 0.0303. The molecule has 2 aliphatic heterocycles. The van der Waals surface area contributed by atoms with Crippen molar-refractivity contribution in [2.24, 2.45) is 0 Å². The van der Waals surface area contributed by atoms with Crippen molar-refractivity contribution >= 4 is 27.5 Å². The summed E-state index contributed by atoms with van der Waals surface area (Å²) in [7, 11) is 0. The molecule has 4 heterocycles. The first-order valence-corrected chi connectivity index (χ1v) is 12.5. The molecule has 2 aliphatic rings. The number of benzene rings is 2. The van der Waals surface area contributed by atoms with Crippen molar-refractivity contribution in [3.05, 3.63) is 53.5 Å². The molecule has 2 atom stereocenters.